The van der Waals surface area contributed by atoms with Crippen LogP contribution in [0.4, 0.5) is 0 Å². The van der Waals surface area contributed by atoms with Crippen LogP contribution < -0.4 is 0 Å². The van der Waals surface area contributed by atoms with E-state index >= 15 is 0 Å². The minimum atomic E-state index is -1.25. The smallest absolute Gasteiger partial charge is 0.342 e. The first kappa shape index (κ1) is 27.8. The van der Waals surface area contributed by atoms with Gasteiger partial charge < -0.3 is 14.9 Å². The summed E-state index contributed by atoms with van der Waals surface area (Å²) in [5.74, 6) is -4.71. The zero-order chi connectivity index (χ0) is 25.1. The number of unbranched alkanes of at least 4 members (excludes halogenated alkanes) is 8. The van der Waals surface area contributed by atoms with Gasteiger partial charge in [0.05, 0.1) is 5.57 Å². The fourth-order valence-corrected chi connectivity index (χ4v) is 5.21. The normalized spacial score (nSPS) is 21.1. The van der Waals surface area contributed by atoms with Crippen molar-refractivity contribution in [2.75, 3.05) is 0 Å². The molecule has 0 amide bonds. The molecule has 1 heterocycles. The Morgan fingerprint density at radius 3 is 1.85 bits per heavy atom. The third-order valence-electron chi connectivity index (χ3n) is 7.07. The Morgan fingerprint density at radius 1 is 0.735 bits per heavy atom. The molecule has 0 unspecified atom stereocenters. The van der Waals surface area contributed by atoms with E-state index in [1.165, 1.54) is 0 Å². The quantitative estimate of drug-likeness (QED) is 0.180. The maximum atomic E-state index is 12.5. The molecule has 0 saturated heterocycles. The summed E-state index contributed by atoms with van der Waals surface area (Å²) < 4.78 is 4.91. The van der Waals surface area contributed by atoms with Crippen LogP contribution in [0.15, 0.2) is 22.3 Å². The number of carbonyl (C=O) groups is 4. The first-order valence-electron chi connectivity index (χ1n) is 13.0. The SMILES string of the molecule is CCCCCCCC[C@@H]1CC2=C(C[C@@H](CCCCCC)CC(C(=O)O)=C1C(=O)O)C(=O)OC2=O. The van der Waals surface area contributed by atoms with E-state index in [4.69, 9.17) is 4.74 Å². The molecule has 1 aliphatic carbocycles. The van der Waals surface area contributed by atoms with Gasteiger partial charge in [-0.05, 0) is 43.9 Å². The van der Waals surface area contributed by atoms with Crippen LogP contribution in [0.5, 0.6) is 0 Å². The molecule has 0 aromatic carbocycles. The van der Waals surface area contributed by atoms with Crippen molar-refractivity contribution < 1.29 is 34.1 Å². The zero-order valence-corrected chi connectivity index (χ0v) is 20.7. The number of esters is 2. The fraction of sp³-hybridized carbons (Fsp3) is 0.704. The van der Waals surface area contributed by atoms with Gasteiger partial charge in [-0.25, -0.2) is 19.2 Å². The lowest BCUT2D eigenvalue weighted by atomic mass is 9.83. The fourth-order valence-electron chi connectivity index (χ4n) is 5.21. The predicted molar refractivity (Wildman–Crippen MR) is 128 cm³/mol. The van der Waals surface area contributed by atoms with Gasteiger partial charge in [-0.2, -0.15) is 0 Å². The van der Waals surface area contributed by atoms with Gasteiger partial charge in [-0.3, -0.25) is 0 Å². The van der Waals surface area contributed by atoms with Crippen LogP contribution in [0, 0.1) is 11.8 Å². The Hall–Kier alpha value is -2.44. The Morgan fingerprint density at radius 2 is 1.26 bits per heavy atom. The summed E-state index contributed by atoms with van der Waals surface area (Å²) in [5, 5.41) is 20.1. The summed E-state index contributed by atoms with van der Waals surface area (Å²) >= 11 is 0. The van der Waals surface area contributed by atoms with Crippen LogP contribution >= 0.6 is 0 Å². The van der Waals surface area contributed by atoms with Gasteiger partial charge in [0.1, 0.15) is 0 Å². The maximum Gasteiger partial charge on any atom is 0.342 e. The van der Waals surface area contributed by atoms with E-state index < -0.39 is 29.8 Å². The molecular formula is C27H40O7. The van der Waals surface area contributed by atoms with Crippen LogP contribution in [-0.4, -0.2) is 34.1 Å². The van der Waals surface area contributed by atoms with Gasteiger partial charge >= 0.3 is 23.9 Å². The number of ether oxygens (including phenoxy) is 1. The third-order valence-corrected chi connectivity index (χ3v) is 7.07. The second-order valence-corrected chi connectivity index (χ2v) is 9.72. The van der Waals surface area contributed by atoms with E-state index in [-0.39, 0.29) is 41.9 Å². The van der Waals surface area contributed by atoms with E-state index in [1.54, 1.807) is 0 Å². The van der Waals surface area contributed by atoms with Crippen molar-refractivity contribution in [1.82, 2.24) is 0 Å². The Kier molecular flexibility index (Phi) is 11.5. The number of aliphatic carboxylic acids is 2. The molecule has 2 atom stereocenters. The summed E-state index contributed by atoms with van der Waals surface area (Å²) in [6.07, 6.45) is 11.5. The number of rotatable bonds is 14. The molecule has 2 N–H and O–H groups in total. The van der Waals surface area contributed by atoms with Crippen LogP contribution in [0.3, 0.4) is 0 Å². The number of carboxylic acid groups (broad SMARTS) is 2. The highest BCUT2D eigenvalue weighted by Gasteiger charge is 2.40. The standard InChI is InChI=1S/C27H40O7/c1-3-5-7-9-10-12-14-19-17-21-20(26(32)34-27(21)33)15-18(13-11-8-6-4-2)16-22(24(28)29)23(19)25(30)31/h18-19H,3-17H2,1-2H3,(H,28,29)(H,30,31)/t18-,19-/m1/s1. The van der Waals surface area contributed by atoms with Crippen LogP contribution in [-0.2, 0) is 23.9 Å². The van der Waals surface area contributed by atoms with E-state index in [1.807, 2.05) is 0 Å². The zero-order valence-electron chi connectivity index (χ0n) is 20.7. The summed E-state index contributed by atoms with van der Waals surface area (Å²) in [6.45, 7) is 4.24. The highest BCUT2D eigenvalue weighted by molar-refractivity contribution is 6.12. The molecule has 2 rings (SSSR count). The van der Waals surface area contributed by atoms with Gasteiger partial charge in [0, 0.05) is 16.7 Å². The molecule has 0 saturated carbocycles. The molecule has 0 bridgehead atoms. The van der Waals surface area contributed by atoms with Crippen molar-refractivity contribution >= 4 is 23.9 Å². The highest BCUT2D eigenvalue weighted by Crippen LogP contribution is 2.40. The van der Waals surface area contributed by atoms with Crippen molar-refractivity contribution in [3.05, 3.63) is 22.3 Å². The molecular weight excluding hydrogens is 436 g/mol. The van der Waals surface area contributed by atoms with Gasteiger partial charge in [-0.15, -0.1) is 0 Å². The lowest BCUT2D eigenvalue weighted by molar-refractivity contribution is -0.151. The number of carboxylic acids is 2. The minimum absolute atomic E-state index is 0.0375. The summed E-state index contributed by atoms with van der Waals surface area (Å²) in [6, 6.07) is 0. The highest BCUT2D eigenvalue weighted by atomic mass is 16.6. The molecule has 0 spiro atoms. The molecule has 0 fully saturated rings. The molecule has 7 nitrogen and oxygen atoms in total. The van der Waals surface area contributed by atoms with Crippen molar-refractivity contribution in [3.63, 3.8) is 0 Å². The van der Waals surface area contributed by atoms with E-state index in [9.17, 15) is 29.4 Å². The molecule has 0 radical (unpaired) electrons. The summed E-state index contributed by atoms with van der Waals surface area (Å²) in [5.41, 5.74) is 0.367. The largest absolute Gasteiger partial charge is 0.478 e. The maximum absolute atomic E-state index is 12.5. The minimum Gasteiger partial charge on any atom is -0.478 e. The first-order chi connectivity index (χ1) is 16.3. The van der Waals surface area contributed by atoms with Gasteiger partial charge in [0.2, 0.25) is 0 Å². The van der Waals surface area contributed by atoms with Crippen molar-refractivity contribution in [3.8, 4) is 0 Å². The lowest BCUT2D eigenvalue weighted by Gasteiger charge is -2.21. The van der Waals surface area contributed by atoms with Crippen molar-refractivity contribution in [2.24, 2.45) is 11.8 Å². The average Bonchev–Trinajstić information content (AvgIpc) is 3.07. The van der Waals surface area contributed by atoms with E-state index in [0.717, 1.165) is 64.2 Å². The second kappa shape index (κ2) is 14.1. The number of hydrogen-bond donors (Lipinski definition) is 2. The summed E-state index contributed by atoms with van der Waals surface area (Å²) in [7, 11) is 0. The number of hydrogen-bond acceptors (Lipinski definition) is 5. The van der Waals surface area contributed by atoms with E-state index in [0.29, 0.717) is 18.4 Å². The summed E-state index contributed by atoms with van der Waals surface area (Å²) in [4.78, 5) is 49.6. The van der Waals surface area contributed by atoms with Gasteiger partial charge in [0.15, 0.2) is 0 Å². The second-order valence-electron chi connectivity index (χ2n) is 9.72. The van der Waals surface area contributed by atoms with Gasteiger partial charge in [0.25, 0.3) is 0 Å². The number of cyclic esters (lactones) is 2. The molecule has 0 aromatic heterocycles. The Labute approximate surface area is 202 Å². The molecule has 190 valence electrons. The lowest BCUT2D eigenvalue weighted by Crippen LogP contribution is -2.21. The molecule has 1 aliphatic heterocycles. The van der Waals surface area contributed by atoms with Crippen molar-refractivity contribution in [1.29, 1.82) is 0 Å². The Bertz CT molecular complexity index is 821. The van der Waals surface area contributed by atoms with Crippen LogP contribution in [0.2, 0.25) is 0 Å². The number of carbonyl (C=O) groups excluding carboxylic acids is 2. The third kappa shape index (κ3) is 7.81. The molecule has 0 aromatic rings. The average molecular weight is 477 g/mol. The topological polar surface area (TPSA) is 118 Å². The van der Waals surface area contributed by atoms with Crippen LogP contribution in [0.25, 0.3) is 0 Å². The van der Waals surface area contributed by atoms with E-state index in [2.05, 4.69) is 13.8 Å². The first-order valence-corrected chi connectivity index (χ1v) is 13.0. The monoisotopic (exact) mass is 476 g/mol. The Balaban J connectivity index is 2.38. The molecule has 34 heavy (non-hydrogen) atoms. The molecule has 2 aliphatic rings. The predicted octanol–water partition coefficient (Wildman–Crippen LogP) is 5.97. The van der Waals surface area contributed by atoms with Gasteiger partial charge in [-0.1, -0.05) is 78.1 Å². The van der Waals surface area contributed by atoms with Crippen molar-refractivity contribution in [2.45, 2.75) is 110 Å². The molecule has 7 heteroatoms. The van der Waals surface area contributed by atoms with Crippen LogP contribution in [0.1, 0.15) is 110 Å².